The molecule has 3 aliphatic carbocycles. The Labute approximate surface area is 239 Å². The second kappa shape index (κ2) is 10.1. The van der Waals surface area contributed by atoms with Crippen LogP contribution in [0, 0.1) is 11.8 Å². The van der Waals surface area contributed by atoms with Gasteiger partial charge in [0.25, 0.3) is 5.91 Å². The highest BCUT2D eigenvalue weighted by atomic mass is 19.4. The number of nitrogens with two attached hydrogens (primary N) is 1. The van der Waals surface area contributed by atoms with Crippen LogP contribution in [0.5, 0.6) is 5.75 Å². The number of carbonyl (C=O) groups excluding carboxylic acids is 3. The molecule has 2 fully saturated rings. The molecular weight excluding hydrogens is 561 g/mol. The molecule has 0 bridgehead atoms. The molecule has 4 aliphatic rings. The van der Waals surface area contributed by atoms with Crippen LogP contribution < -0.4 is 11.1 Å². The predicted octanol–water partition coefficient (Wildman–Crippen LogP) is 0.949. The molecule has 228 valence electrons. The van der Waals surface area contributed by atoms with Gasteiger partial charge in [0.2, 0.25) is 5.78 Å². The maximum absolute atomic E-state index is 14.8. The number of rotatable bonds is 4. The molecule has 0 aromatic heterocycles. The number of ketones is 2. The quantitative estimate of drug-likeness (QED) is 0.275. The van der Waals surface area contributed by atoms with Gasteiger partial charge in [-0.2, -0.15) is 13.2 Å². The van der Waals surface area contributed by atoms with Crippen molar-refractivity contribution in [1.29, 1.82) is 0 Å². The molecule has 0 spiro atoms. The number of primary amides is 1. The highest BCUT2D eigenvalue weighted by Gasteiger charge is 2.64. The molecule has 0 radical (unpaired) electrons. The van der Waals surface area contributed by atoms with Crippen LogP contribution in [0.2, 0.25) is 0 Å². The lowest BCUT2D eigenvalue weighted by Gasteiger charge is -2.50. The third-order valence-electron chi connectivity index (χ3n) is 9.12. The Morgan fingerprint density at radius 3 is 2.48 bits per heavy atom. The minimum atomic E-state index is -4.90. The smallest absolute Gasteiger partial charge is 0.417 e. The minimum Gasteiger partial charge on any atom is -0.508 e. The van der Waals surface area contributed by atoms with E-state index in [1.54, 1.807) is 0 Å². The van der Waals surface area contributed by atoms with Gasteiger partial charge in [-0.05, 0) is 56.6 Å². The molecular formula is C28H33F3N4O7. The van der Waals surface area contributed by atoms with Gasteiger partial charge < -0.3 is 36.4 Å². The lowest BCUT2D eigenvalue weighted by atomic mass is 9.57. The molecule has 11 nitrogen and oxygen atoms in total. The van der Waals surface area contributed by atoms with Gasteiger partial charge in [0.05, 0.1) is 17.2 Å². The number of halogens is 3. The van der Waals surface area contributed by atoms with Crippen molar-refractivity contribution >= 4 is 23.2 Å². The van der Waals surface area contributed by atoms with Gasteiger partial charge >= 0.3 is 6.18 Å². The van der Waals surface area contributed by atoms with Crippen molar-refractivity contribution in [1.82, 2.24) is 15.1 Å². The van der Waals surface area contributed by atoms with Gasteiger partial charge in [0.1, 0.15) is 22.8 Å². The van der Waals surface area contributed by atoms with Crippen molar-refractivity contribution in [2.24, 2.45) is 17.6 Å². The minimum absolute atomic E-state index is 0.197. The molecule has 1 saturated carbocycles. The fraction of sp³-hybridized carbons (Fsp3) is 0.536. The Bertz CT molecular complexity index is 1450. The topological polar surface area (TPSA) is 177 Å². The van der Waals surface area contributed by atoms with Crippen LogP contribution >= 0.6 is 0 Å². The molecule has 1 aromatic rings. The summed E-state index contributed by atoms with van der Waals surface area (Å²) < 4.78 is 44.4. The number of likely N-dealkylation sites (N-methyl/N-ethyl adjacent to an activating group) is 2. The number of carbonyl (C=O) groups is 3. The predicted molar refractivity (Wildman–Crippen MR) is 142 cm³/mol. The second-order valence-electron chi connectivity index (χ2n) is 11.6. The average molecular weight is 595 g/mol. The number of aliphatic hydroxyl groups excluding tert-OH is 2. The monoisotopic (exact) mass is 594 g/mol. The number of amides is 1. The van der Waals surface area contributed by atoms with Gasteiger partial charge in [0, 0.05) is 37.2 Å². The largest absolute Gasteiger partial charge is 0.508 e. The number of fused-ring (bicyclic) bond motifs is 3. The number of aromatic hydroxyl groups is 1. The standard InChI is InChI=1S/C28H33F3N4O7/c1-4-35-6-5-33-15(10-35)12-9-16(36)18-13(20(12)28(29,30)31)7-11-8-14-21(34(2)3)23(38)19(26(32)41)25(40)27(14,42)24(39)17(11)22(18)37/h9,11,14-15,21,33,36-37,40,42H,4-8,10H2,1-3H3,(H2,32,41)/t11-,14-,15?,21-,27-/m0/s1. The molecule has 42 heavy (non-hydrogen) atoms. The Balaban J connectivity index is 1.73. The maximum atomic E-state index is 14.8. The van der Waals surface area contributed by atoms with E-state index in [4.69, 9.17) is 5.73 Å². The van der Waals surface area contributed by atoms with Gasteiger partial charge in [-0.25, -0.2) is 0 Å². The molecule has 1 amide bonds. The summed E-state index contributed by atoms with van der Waals surface area (Å²) in [6, 6.07) is -1.18. The van der Waals surface area contributed by atoms with Crippen LogP contribution in [0.25, 0.3) is 5.76 Å². The first-order chi connectivity index (χ1) is 19.5. The van der Waals surface area contributed by atoms with Crippen LogP contribution in [-0.4, -0.2) is 99.6 Å². The molecule has 14 heteroatoms. The summed E-state index contributed by atoms with van der Waals surface area (Å²) in [4.78, 5) is 42.5. The molecule has 5 rings (SSSR count). The zero-order chi connectivity index (χ0) is 31.0. The summed E-state index contributed by atoms with van der Waals surface area (Å²) in [6.45, 7) is 3.81. The maximum Gasteiger partial charge on any atom is 0.417 e. The number of hydrogen-bond donors (Lipinski definition) is 6. The first-order valence-corrected chi connectivity index (χ1v) is 13.6. The van der Waals surface area contributed by atoms with Gasteiger partial charge in [-0.3, -0.25) is 19.3 Å². The van der Waals surface area contributed by atoms with E-state index in [1.807, 2.05) is 11.8 Å². The van der Waals surface area contributed by atoms with Crippen molar-refractivity contribution in [3.05, 3.63) is 45.2 Å². The first-order valence-electron chi connectivity index (χ1n) is 13.6. The fourth-order valence-electron chi connectivity index (χ4n) is 7.26. The van der Waals surface area contributed by atoms with Crippen LogP contribution in [0.4, 0.5) is 13.2 Å². The summed E-state index contributed by atoms with van der Waals surface area (Å²) in [6.07, 6.45) is -5.65. The fourth-order valence-corrected chi connectivity index (χ4v) is 7.26. The Kier molecular flexibility index (Phi) is 7.20. The molecule has 7 N–H and O–H groups in total. The molecule has 1 aliphatic heterocycles. The van der Waals surface area contributed by atoms with Crippen LogP contribution in [0.3, 0.4) is 0 Å². The highest BCUT2D eigenvalue weighted by Crippen LogP contribution is 2.55. The van der Waals surface area contributed by atoms with Crippen LogP contribution in [0.15, 0.2) is 23.0 Å². The summed E-state index contributed by atoms with van der Waals surface area (Å²) in [7, 11) is 2.88. The Hall–Kier alpha value is -3.46. The van der Waals surface area contributed by atoms with Gasteiger partial charge in [-0.15, -0.1) is 0 Å². The van der Waals surface area contributed by atoms with E-state index in [1.165, 1.54) is 19.0 Å². The number of nitrogens with one attached hydrogen (secondary N) is 1. The third kappa shape index (κ3) is 4.22. The van der Waals surface area contributed by atoms with E-state index in [9.17, 15) is 48.0 Å². The van der Waals surface area contributed by atoms with Crippen molar-refractivity contribution in [2.75, 3.05) is 40.3 Å². The van der Waals surface area contributed by atoms with E-state index >= 15 is 0 Å². The summed E-state index contributed by atoms with van der Waals surface area (Å²) >= 11 is 0. The number of piperazine rings is 1. The number of nitrogens with zero attached hydrogens (tertiary/aromatic N) is 2. The van der Waals surface area contributed by atoms with Gasteiger partial charge in [-0.1, -0.05) is 6.92 Å². The third-order valence-corrected chi connectivity index (χ3v) is 9.12. The zero-order valence-electron chi connectivity index (χ0n) is 23.2. The average Bonchev–Trinajstić information content (AvgIpc) is 2.89. The van der Waals surface area contributed by atoms with Crippen LogP contribution in [0.1, 0.15) is 41.6 Å². The van der Waals surface area contributed by atoms with E-state index in [2.05, 4.69) is 5.32 Å². The van der Waals surface area contributed by atoms with E-state index in [0.29, 0.717) is 19.6 Å². The lowest BCUT2D eigenvalue weighted by molar-refractivity contribution is -0.153. The van der Waals surface area contributed by atoms with E-state index < -0.39 is 105 Å². The summed E-state index contributed by atoms with van der Waals surface area (Å²) in [5, 5.41) is 47.9. The molecule has 1 saturated heterocycles. The molecule has 1 aromatic carbocycles. The van der Waals surface area contributed by atoms with Gasteiger partial charge in [0.15, 0.2) is 11.4 Å². The highest BCUT2D eigenvalue weighted by molar-refractivity contribution is 6.24. The second-order valence-corrected chi connectivity index (χ2v) is 11.6. The summed E-state index contributed by atoms with van der Waals surface area (Å²) in [5.41, 5.74) is -1.27. The normalized spacial score (nSPS) is 30.4. The van der Waals surface area contributed by atoms with E-state index in [0.717, 1.165) is 6.07 Å². The number of Topliss-reactive ketones (excluding diaryl/α,β-unsaturated/α-hetero) is 2. The van der Waals surface area contributed by atoms with Crippen molar-refractivity contribution in [2.45, 2.75) is 43.6 Å². The molecule has 1 unspecified atom stereocenters. The number of phenolic OH excluding ortho intramolecular Hbond substituents is 1. The SMILES string of the molecule is CCN1CCNC(c2cc(O)c3c(c2C(F)(F)F)C[C@H]2C[C@H]4[C@H](N(C)C)C(=O)C(C(N)=O)=C(O)[C@@]4(O)C(=O)C2=C3O)C1. The number of hydrogen-bond acceptors (Lipinski definition) is 10. The van der Waals surface area contributed by atoms with Crippen molar-refractivity contribution in [3.8, 4) is 5.75 Å². The van der Waals surface area contributed by atoms with Crippen molar-refractivity contribution in [3.63, 3.8) is 0 Å². The number of benzene rings is 1. The number of phenols is 1. The Morgan fingerprint density at radius 2 is 1.90 bits per heavy atom. The molecule has 5 atom stereocenters. The van der Waals surface area contributed by atoms with Crippen molar-refractivity contribution < 1.29 is 48.0 Å². The lowest BCUT2D eigenvalue weighted by Crippen LogP contribution is -2.65. The molecule has 1 heterocycles. The zero-order valence-corrected chi connectivity index (χ0v) is 23.2. The number of alkyl halides is 3. The van der Waals surface area contributed by atoms with E-state index in [-0.39, 0.29) is 18.5 Å². The number of aliphatic hydroxyl groups is 3. The Morgan fingerprint density at radius 1 is 1.24 bits per heavy atom. The summed E-state index contributed by atoms with van der Waals surface area (Å²) in [5.74, 6) is -9.03. The van der Waals surface area contributed by atoms with Crippen LogP contribution in [-0.2, 0) is 27.0 Å². The first kappa shape index (κ1) is 30.0.